The van der Waals surface area contributed by atoms with E-state index in [0.717, 1.165) is 32.6 Å². The van der Waals surface area contributed by atoms with Gasteiger partial charge >= 0.3 is 0 Å². The molecule has 2 N–H and O–H groups in total. The van der Waals surface area contributed by atoms with Crippen molar-refractivity contribution in [3.63, 3.8) is 0 Å². The molecule has 0 amide bonds. The van der Waals surface area contributed by atoms with Gasteiger partial charge in [-0.2, -0.15) is 0 Å². The molecule has 0 fully saturated rings. The van der Waals surface area contributed by atoms with Gasteiger partial charge in [0.2, 0.25) is 0 Å². The molecule has 0 aromatic heterocycles. The van der Waals surface area contributed by atoms with Crippen LogP contribution in [-0.2, 0) is 24.4 Å². The van der Waals surface area contributed by atoms with Crippen molar-refractivity contribution >= 4 is 0 Å². The summed E-state index contributed by atoms with van der Waals surface area (Å²) >= 11 is 0. The van der Waals surface area contributed by atoms with Gasteiger partial charge in [0.05, 0.1) is 13.2 Å². The lowest BCUT2D eigenvalue weighted by atomic mass is 9.83. The van der Waals surface area contributed by atoms with E-state index in [9.17, 15) is 0 Å². The maximum Gasteiger partial charge on any atom is 0.0725 e. The average Bonchev–Trinajstić information content (AvgIpc) is 2.73. The van der Waals surface area contributed by atoms with Gasteiger partial charge in [-0.25, -0.2) is 0 Å². The quantitative estimate of drug-likeness (QED) is 0.848. The van der Waals surface area contributed by atoms with Crippen LogP contribution in [0.5, 0.6) is 0 Å². The Balaban J connectivity index is 1.95. The molecular weight excluding hydrogens is 210 g/mol. The van der Waals surface area contributed by atoms with Crippen LogP contribution in [0, 0.1) is 5.41 Å². The van der Waals surface area contributed by atoms with Gasteiger partial charge in [0.25, 0.3) is 0 Å². The van der Waals surface area contributed by atoms with Crippen molar-refractivity contribution in [3.05, 3.63) is 34.9 Å². The van der Waals surface area contributed by atoms with Crippen LogP contribution in [0.1, 0.15) is 43.4 Å². The Hall–Kier alpha value is -0.860. The van der Waals surface area contributed by atoms with E-state index in [1.165, 1.54) is 23.1 Å². The lowest BCUT2D eigenvalue weighted by molar-refractivity contribution is 0.134. The van der Waals surface area contributed by atoms with E-state index in [2.05, 4.69) is 32.0 Å². The Morgan fingerprint density at radius 2 is 1.94 bits per heavy atom. The molecular formula is C15H23NO. The molecule has 0 atom stereocenters. The molecule has 0 saturated heterocycles. The SMILES string of the molecule is CC(C)(CCN)CCc1ccc2c(c1)COC2. The molecule has 2 heteroatoms. The molecule has 1 aromatic carbocycles. The molecule has 0 saturated carbocycles. The van der Waals surface area contributed by atoms with Gasteiger partial charge in [-0.05, 0) is 47.9 Å². The van der Waals surface area contributed by atoms with E-state index < -0.39 is 0 Å². The highest BCUT2D eigenvalue weighted by atomic mass is 16.5. The summed E-state index contributed by atoms with van der Waals surface area (Å²) in [5, 5.41) is 0. The van der Waals surface area contributed by atoms with E-state index in [4.69, 9.17) is 10.5 Å². The van der Waals surface area contributed by atoms with Crippen molar-refractivity contribution in [1.29, 1.82) is 0 Å². The molecule has 0 spiro atoms. The summed E-state index contributed by atoms with van der Waals surface area (Å²) in [4.78, 5) is 0. The Bertz CT molecular complexity index is 385. The fourth-order valence-electron chi connectivity index (χ4n) is 2.38. The third-order valence-electron chi connectivity index (χ3n) is 3.70. The van der Waals surface area contributed by atoms with Crippen LogP contribution in [0.2, 0.25) is 0 Å². The van der Waals surface area contributed by atoms with E-state index in [-0.39, 0.29) is 0 Å². The van der Waals surface area contributed by atoms with Crippen molar-refractivity contribution < 1.29 is 4.74 Å². The number of ether oxygens (including phenoxy) is 1. The Labute approximate surface area is 104 Å². The summed E-state index contributed by atoms with van der Waals surface area (Å²) < 4.78 is 5.44. The largest absolute Gasteiger partial charge is 0.372 e. The molecule has 94 valence electrons. The molecule has 17 heavy (non-hydrogen) atoms. The maximum atomic E-state index is 5.64. The van der Waals surface area contributed by atoms with Crippen molar-refractivity contribution in [2.45, 2.75) is 46.3 Å². The van der Waals surface area contributed by atoms with Gasteiger partial charge < -0.3 is 10.5 Å². The molecule has 0 aliphatic carbocycles. The highest BCUT2D eigenvalue weighted by Gasteiger charge is 2.17. The summed E-state index contributed by atoms with van der Waals surface area (Å²) in [5.41, 5.74) is 10.2. The molecule has 0 radical (unpaired) electrons. The van der Waals surface area contributed by atoms with E-state index in [1.54, 1.807) is 0 Å². The number of hydrogen-bond acceptors (Lipinski definition) is 2. The van der Waals surface area contributed by atoms with Gasteiger partial charge in [0.1, 0.15) is 0 Å². The van der Waals surface area contributed by atoms with Crippen LogP contribution in [0.15, 0.2) is 18.2 Å². The van der Waals surface area contributed by atoms with Crippen LogP contribution in [0.3, 0.4) is 0 Å². The minimum Gasteiger partial charge on any atom is -0.372 e. The maximum absolute atomic E-state index is 5.64. The van der Waals surface area contributed by atoms with Gasteiger partial charge in [-0.1, -0.05) is 32.0 Å². The van der Waals surface area contributed by atoms with Crippen LogP contribution in [0.25, 0.3) is 0 Å². The van der Waals surface area contributed by atoms with Crippen LogP contribution >= 0.6 is 0 Å². The molecule has 1 aromatic rings. The first-order valence-corrected chi connectivity index (χ1v) is 6.49. The van der Waals surface area contributed by atoms with Gasteiger partial charge in [0, 0.05) is 0 Å². The third kappa shape index (κ3) is 3.30. The molecule has 2 rings (SSSR count). The van der Waals surface area contributed by atoms with Crippen molar-refractivity contribution in [2.75, 3.05) is 6.54 Å². The summed E-state index contributed by atoms with van der Waals surface area (Å²) in [5.74, 6) is 0. The van der Waals surface area contributed by atoms with E-state index in [0.29, 0.717) is 5.41 Å². The summed E-state index contributed by atoms with van der Waals surface area (Å²) in [6, 6.07) is 6.76. The lowest BCUT2D eigenvalue weighted by Crippen LogP contribution is -2.17. The molecule has 0 unspecified atom stereocenters. The van der Waals surface area contributed by atoms with Crippen molar-refractivity contribution in [3.8, 4) is 0 Å². The smallest absolute Gasteiger partial charge is 0.0725 e. The predicted molar refractivity (Wildman–Crippen MR) is 70.7 cm³/mol. The first kappa shape index (κ1) is 12.6. The minimum atomic E-state index is 0.351. The number of hydrogen-bond donors (Lipinski definition) is 1. The summed E-state index contributed by atoms with van der Waals surface area (Å²) in [7, 11) is 0. The highest BCUT2D eigenvalue weighted by Crippen LogP contribution is 2.28. The molecule has 2 nitrogen and oxygen atoms in total. The van der Waals surface area contributed by atoms with Gasteiger partial charge in [0.15, 0.2) is 0 Å². The number of rotatable bonds is 5. The van der Waals surface area contributed by atoms with Gasteiger partial charge in [-0.3, -0.25) is 0 Å². The molecule has 1 heterocycles. The van der Waals surface area contributed by atoms with E-state index >= 15 is 0 Å². The van der Waals surface area contributed by atoms with E-state index in [1.807, 2.05) is 0 Å². The molecule has 0 bridgehead atoms. The number of fused-ring (bicyclic) bond motifs is 1. The molecule has 1 aliphatic rings. The van der Waals surface area contributed by atoms with Crippen LogP contribution in [0.4, 0.5) is 0 Å². The third-order valence-corrected chi connectivity index (χ3v) is 3.70. The highest BCUT2D eigenvalue weighted by molar-refractivity contribution is 5.33. The van der Waals surface area contributed by atoms with Crippen LogP contribution in [-0.4, -0.2) is 6.54 Å². The van der Waals surface area contributed by atoms with Gasteiger partial charge in [-0.15, -0.1) is 0 Å². The Morgan fingerprint density at radius 3 is 2.71 bits per heavy atom. The Kier molecular flexibility index (Phi) is 3.85. The first-order chi connectivity index (χ1) is 8.11. The monoisotopic (exact) mass is 233 g/mol. The predicted octanol–water partition coefficient (Wildman–Crippen LogP) is 3.02. The number of benzene rings is 1. The zero-order valence-electron chi connectivity index (χ0n) is 11.0. The lowest BCUT2D eigenvalue weighted by Gasteiger charge is -2.23. The first-order valence-electron chi connectivity index (χ1n) is 6.49. The average molecular weight is 233 g/mol. The second-order valence-corrected chi connectivity index (χ2v) is 5.80. The summed E-state index contributed by atoms with van der Waals surface area (Å²) in [6.45, 7) is 6.96. The second-order valence-electron chi connectivity index (χ2n) is 5.80. The number of nitrogens with two attached hydrogens (primary N) is 1. The second kappa shape index (κ2) is 5.19. The minimum absolute atomic E-state index is 0.351. The number of aryl methyl sites for hydroxylation is 1. The molecule has 1 aliphatic heterocycles. The standard InChI is InChI=1S/C15H23NO/c1-15(2,7-8-16)6-5-12-3-4-13-10-17-11-14(13)9-12/h3-4,9H,5-8,10-11,16H2,1-2H3. The zero-order valence-corrected chi connectivity index (χ0v) is 11.0. The normalized spacial score (nSPS) is 15.0. The topological polar surface area (TPSA) is 35.2 Å². The van der Waals surface area contributed by atoms with Crippen molar-refractivity contribution in [1.82, 2.24) is 0 Å². The fraction of sp³-hybridized carbons (Fsp3) is 0.600. The zero-order chi connectivity index (χ0) is 12.3. The van der Waals surface area contributed by atoms with Crippen molar-refractivity contribution in [2.24, 2.45) is 11.1 Å². The fourth-order valence-corrected chi connectivity index (χ4v) is 2.38. The van der Waals surface area contributed by atoms with Crippen LogP contribution < -0.4 is 5.73 Å². The summed E-state index contributed by atoms with van der Waals surface area (Å²) in [6.07, 6.45) is 3.44. The Morgan fingerprint density at radius 1 is 1.18 bits per heavy atom.